The summed E-state index contributed by atoms with van der Waals surface area (Å²) in [6, 6.07) is 0. The number of aliphatic hydroxyl groups excluding tert-OH is 3. The van der Waals surface area contributed by atoms with E-state index in [1.807, 2.05) is 0 Å². The van der Waals surface area contributed by atoms with Crippen LogP contribution in [-0.4, -0.2) is 66.4 Å². The monoisotopic (exact) mass is 904 g/mol. The van der Waals surface area contributed by atoms with E-state index in [1.54, 1.807) is 104 Å². The molecule has 0 aromatic heterocycles. The predicted molar refractivity (Wildman–Crippen MR) is 225 cm³/mol. The molecular weight excluding hydrogens is 853 g/mol. The second-order valence-electron chi connectivity index (χ2n) is 18.4. The van der Waals surface area contributed by atoms with E-state index in [4.69, 9.17) is 56.8 Å². The number of fused-ring (bicyclic) bond motifs is 6. The highest BCUT2D eigenvalue weighted by molar-refractivity contribution is 8.00. The molecular formula is C43H52O15S3. The molecule has 0 bridgehead atoms. The van der Waals surface area contributed by atoms with Crippen LogP contribution in [0.4, 0.5) is 0 Å². The van der Waals surface area contributed by atoms with Crippen molar-refractivity contribution in [3.8, 4) is 69.0 Å². The lowest BCUT2D eigenvalue weighted by molar-refractivity contribution is -0.0511. The third kappa shape index (κ3) is 7.12. The number of hydrogen-bond acceptors (Lipinski definition) is 18. The van der Waals surface area contributed by atoms with Crippen molar-refractivity contribution in [2.75, 3.05) is 0 Å². The molecule has 15 nitrogen and oxygen atoms in total. The van der Waals surface area contributed by atoms with E-state index in [0.29, 0.717) is 65.9 Å². The Hall–Kier alpha value is -3.81. The molecule has 18 heteroatoms. The quantitative estimate of drug-likeness (QED) is 0.105. The van der Waals surface area contributed by atoms with Gasteiger partial charge in [0.1, 0.15) is 31.0 Å². The molecule has 6 heterocycles. The van der Waals surface area contributed by atoms with Gasteiger partial charge in [0.25, 0.3) is 0 Å². The molecule has 0 aliphatic carbocycles. The summed E-state index contributed by atoms with van der Waals surface area (Å²) in [6.45, 7) is 26.4. The van der Waals surface area contributed by atoms with Crippen molar-refractivity contribution in [2.45, 2.75) is 175 Å². The summed E-state index contributed by atoms with van der Waals surface area (Å²) in [5.41, 5.74) is -1.44. The maximum atomic E-state index is 10.9. The van der Waals surface area contributed by atoms with Gasteiger partial charge in [-0.3, -0.25) is 0 Å². The molecule has 0 spiro atoms. The van der Waals surface area contributed by atoms with E-state index in [1.165, 1.54) is 0 Å². The Kier molecular flexibility index (Phi) is 9.30. The van der Waals surface area contributed by atoms with Gasteiger partial charge in [0.05, 0.1) is 22.6 Å². The number of rotatable bonds is 9. The molecule has 3 N–H and O–H groups in total. The minimum Gasteiger partial charge on any atom is -0.449 e. The fraction of sp³-hybridized carbons (Fsp3) is 0.581. The third-order valence-electron chi connectivity index (χ3n) is 9.85. The SMILES string of the molecule is CC(O)Sc1c2c(c(C(c3c4c(c(SC(C)O)c5c3OC(C)(C)O5)OC(C)(C)O4)c3c4c(c(SC(C)O)c5c3OC(C)(C)O5)OC(C)(C)O4)c3c1OC(C)(C)O3)OC(C)(C)O2. The molecule has 0 radical (unpaired) electrons. The number of thioether (sulfide) groups is 3. The smallest absolute Gasteiger partial charge is 0.246 e. The highest BCUT2D eigenvalue weighted by atomic mass is 32.2. The highest BCUT2D eigenvalue weighted by Crippen LogP contribution is 2.72. The van der Waals surface area contributed by atoms with Gasteiger partial charge in [0.2, 0.25) is 34.7 Å². The molecule has 0 amide bonds. The minimum absolute atomic E-state index is 0.278. The summed E-state index contributed by atoms with van der Waals surface area (Å²) in [7, 11) is 0. The number of hydrogen-bond donors (Lipinski definition) is 3. The topological polar surface area (TPSA) is 171 Å². The van der Waals surface area contributed by atoms with Crippen LogP contribution >= 0.6 is 35.3 Å². The van der Waals surface area contributed by atoms with Crippen molar-refractivity contribution in [1.82, 2.24) is 0 Å². The number of benzene rings is 3. The van der Waals surface area contributed by atoms with Gasteiger partial charge in [-0.25, -0.2) is 0 Å². The lowest BCUT2D eigenvalue weighted by atomic mass is 9.81. The average Bonchev–Trinajstić information content (AvgIpc) is 3.90. The van der Waals surface area contributed by atoms with Gasteiger partial charge >= 0.3 is 0 Å². The van der Waals surface area contributed by atoms with Gasteiger partial charge in [0.15, 0.2) is 69.0 Å². The van der Waals surface area contributed by atoms with Gasteiger partial charge in [-0.15, -0.1) is 0 Å². The molecule has 0 saturated carbocycles. The Morgan fingerprint density at radius 1 is 0.295 bits per heavy atom. The van der Waals surface area contributed by atoms with E-state index in [9.17, 15) is 15.3 Å². The fourth-order valence-corrected chi connectivity index (χ4v) is 10.7. The Balaban J connectivity index is 1.50. The summed E-state index contributed by atoms with van der Waals surface area (Å²) in [5.74, 6) is -4.87. The van der Waals surface area contributed by atoms with Crippen molar-refractivity contribution in [2.24, 2.45) is 0 Å². The fourth-order valence-electron chi connectivity index (χ4n) is 8.26. The average molecular weight is 905 g/mol. The largest absolute Gasteiger partial charge is 0.449 e. The lowest BCUT2D eigenvalue weighted by Gasteiger charge is -2.28. The first-order valence-electron chi connectivity index (χ1n) is 20.1. The molecule has 0 fully saturated rings. The van der Waals surface area contributed by atoms with Crippen LogP contribution in [-0.2, 0) is 0 Å². The van der Waals surface area contributed by atoms with Crippen molar-refractivity contribution in [3.63, 3.8) is 0 Å². The summed E-state index contributed by atoms with van der Waals surface area (Å²) in [5, 5.41) is 32.6. The molecule has 3 aromatic carbocycles. The Bertz CT molecular complexity index is 1990. The molecule has 332 valence electrons. The normalized spacial score (nSPS) is 22.9. The summed E-state index contributed by atoms with van der Waals surface area (Å²) >= 11 is 3.39. The predicted octanol–water partition coefficient (Wildman–Crippen LogP) is 9.20. The molecule has 6 aliphatic rings. The zero-order valence-corrected chi connectivity index (χ0v) is 39.2. The number of aliphatic hydroxyl groups is 3. The van der Waals surface area contributed by atoms with E-state index in [0.717, 1.165) is 35.3 Å². The molecule has 0 saturated heterocycles. The van der Waals surface area contributed by atoms with Gasteiger partial charge in [0, 0.05) is 83.1 Å². The van der Waals surface area contributed by atoms with E-state index < -0.39 is 56.9 Å². The second kappa shape index (κ2) is 13.4. The maximum Gasteiger partial charge on any atom is 0.246 e. The van der Waals surface area contributed by atoms with Crippen LogP contribution in [0.5, 0.6) is 69.0 Å². The third-order valence-corrected chi connectivity index (χ3v) is 12.7. The lowest BCUT2D eigenvalue weighted by Crippen LogP contribution is -2.32. The van der Waals surface area contributed by atoms with E-state index in [2.05, 4.69) is 0 Å². The van der Waals surface area contributed by atoms with Gasteiger partial charge < -0.3 is 72.2 Å². The van der Waals surface area contributed by atoms with Crippen LogP contribution in [0.2, 0.25) is 0 Å². The zero-order valence-electron chi connectivity index (χ0n) is 36.8. The number of ether oxygens (including phenoxy) is 12. The standard InChI is InChI=1S/C43H52O15S3/c1-16(44)59-35-29-23(47-38(4,5)53-29)20(24-30(35)54-39(6,7)48-24)19(21-25-31(55-40(8,9)49-25)36(60-17(2)45)32-26(21)50-41(10,11)56-32)22-27-33(57-42(12,13)51-27)37(61-18(3)46)34-28(22)52-43(14,15)58-34/h16-19,44-46H,1-15H3. The van der Waals surface area contributed by atoms with Crippen molar-refractivity contribution < 1.29 is 72.2 Å². The van der Waals surface area contributed by atoms with Crippen LogP contribution in [0.25, 0.3) is 0 Å². The van der Waals surface area contributed by atoms with Crippen molar-refractivity contribution in [1.29, 1.82) is 0 Å². The van der Waals surface area contributed by atoms with Gasteiger partial charge in [-0.05, 0) is 20.8 Å². The first-order valence-corrected chi connectivity index (χ1v) is 22.7. The van der Waals surface area contributed by atoms with Gasteiger partial charge in [-0.1, -0.05) is 35.3 Å². The van der Waals surface area contributed by atoms with Crippen LogP contribution in [0, 0.1) is 0 Å². The van der Waals surface area contributed by atoms with E-state index >= 15 is 0 Å². The van der Waals surface area contributed by atoms with E-state index in [-0.39, 0.29) is 34.5 Å². The van der Waals surface area contributed by atoms with Gasteiger partial charge in [-0.2, -0.15) is 0 Å². The Morgan fingerprint density at radius 3 is 0.590 bits per heavy atom. The molecule has 6 aliphatic heterocycles. The van der Waals surface area contributed by atoms with Crippen LogP contribution in [0.3, 0.4) is 0 Å². The molecule has 3 aromatic rings. The van der Waals surface area contributed by atoms with Crippen molar-refractivity contribution >= 4 is 35.3 Å². The molecule has 61 heavy (non-hydrogen) atoms. The van der Waals surface area contributed by atoms with Crippen LogP contribution in [0.1, 0.15) is 126 Å². The summed E-state index contributed by atoms with van der Waals surface area (Å²) in [6.07, 6.45) is 0. The minimum atomic E-state index is -1.21. The Labute approximate surface area is 367 Å². The first-order chi connectivity index (χ1) is 28.1. The summed E-state index contributed by atoms with van der Waals surface area (Å²) in [4.78, 5) is 1.42. The molecule has 3 atom stereocenters. The Morgan fingerprint density at radius 2 is 0.443 bits per heavy atom. The van der Waals surface area contributed by atoms with Crippen LogP contribution in [0.15, 0.2) is 14.7 Å². The van der Waals surface area contributed by atoms with Crippen LogP contribution < -0.4 is 56.8 Å². The second-order valence-corrected chi connectivity index (χ2v) is 22.4. The summed E-state index contributed by atoms with van der Waals surface area (Å²) < 4.78 is 80.9. The zero-order chi connectivity index (χ0) is 44.3. The molecule has 3 unspecified atom stereocenters. The maximum absolute atomic E-state index is 10.9. The molecule has 9 rings (SSSR count). The first kappa shape index (κ1) is 42.5. The highest BCUT2D eigenvalue weighted by Gasteiger charge is 2.56. The van der Waals surface area contributed by atoms with Crippen molar-refractivity contribution in [3.05, 3.63) is 16.7 Å².